The molecule has 2 aliphatic heterocycles. The van der Waals surface area contributed by atoms with E-state index in [4.69, 9.17) is 0 Å². The zero-order chi connectivity index (χ0) is 24.6. The van der Waals surface area contributed by atoms with Crippen molar-refractivity contribution in [2.45, 2.75) is 26.0 Å². The van der Waals surface area contributed by atoms with Gasteiger partial charge < -0.3 is 14.6 Å². The lowest BCUT2D eigenvalue weighted by molar-refractivity contribution is -0.114. The third-order valence-electron chi connectivity index (χ3n) is 7.00. The fourth-order valence-corrected chi connectivity index (χ4v) is 5.26. The van der Waals surface area contributed by atoms with Gasteiger partial charge in [-0.2, -0.15) is 10.1 Å². The SMILES string of the molecule is CC1=NN(c2ccccc2)C(=O)/C1=C/c1cn(C[C@H](O)CN2CCc3ccccc32)c2ccccc12. The van der Waals surface area contributed by atoms with Crippen LogP contribution in [-0.2, 0) is 17.8 Å². The third-order valence-corrected chi connectivity index (χ3v) is 7.00. The number of carbonyl (C=O) groups is 1. The second kappa shape index (κ2) is 9.13. The van der Waals surface area contributed by atoms with Crippen LogP contribution < -0.4 is 9.91 Å². The van der Waals surface area contributed by atoms with Crippen molar-refractivity contribution in [2.24, 2.45) is 5.10 Å². The highest BCUT2D eigenvalue weighted by atomic mass is 16.3. The highest BCUT2D eigenvalue weighted by molar-refractivity contribution is 6.32. The Labute approximate surface area is 210 Å². The predicted molar refractivity (Wildman–Crippen MR) is 145 cm³/mol. The van der Waals surface area contributed by atoms with Gasteiger partial charge in [0.05, 0.1) is 29.6 Å². The summed E-state index contributed by atoms with van der Waals surface area (Å²) in [6.45, 7) is 3.85. The van der Waals surface area contributed by atoms with E-state index in [9.17, 15) is 9.90 Å². The average molecular weight is 477 g/mol. The summed E-state index contributed by atoms with van der Waals surface area (Å²) < 4.78 is 2.09. The van der Waals surface area contributed by atoms with Crippen LogP contribution in [0.3, 0.4) is 0 Å². The quantitative estimate of drug-likeness (QED) is 0.404. The summed E-state index contributed by atoms with van der Waals surface area (Å²) in [7, 11) is 0. The number of fused-ring (bicyclic) bond motifs is 2. The van der Waals surface area contributed by atoms with Gasteiger partial charge in [-0.1, -0.05) is 54.6 Å². The lowest BCUT2D eigenvalue weighted by Gasteiger charge is -2.23. The maximum absolute atomic E-state index is 13.2. The Balaban J connectivity index is 1.27. The molecule has 0 radical (unpaired) electrons. The fraction of sp³-hybridized carbons (Fsp3) is 0.200. The van der Waals surface area contributed by atoms with E-state index in [-0.39, 0.29) is 5.91 Å². The Bertz CT molecular complexity index is 1500. The van der Waals surface area contributed by atoms with E-state index in [2.05, 4.69) is 51.0 Å². The number of rotatable bonds is 6. The number of hydrazone groups is 1. The molecule has 0 saturated carbocycles. The minimum atomic E-state index is -0.530. The molecule has 0 spiro atoms. The van der Waals surface area contributed by atoms with Crippen molar-refractivity contribution < 1.29 is 9.90 Å². The number of aromatic nitrogens is 1. The van der Waals surface area contributed by atoms with Gasteiger partial charge in [0.2, 0.25) is 0 Å². The standard InChI is InChI=1S/C30H28N4O2/c1-21-27(30(36)34(31-21)24-10-3-2-4-11-24)17-23-18-33(29-14-8-6-12-26(23)29)20-25(35)19-32-16-15-22-9-5-7-13-28(22)32/h2-14,17-18,25,35H,15-16,19-20H2,1H3/b27-17+/t25-/m1/s1. The van der Waals surface area contributed by atoms with Gasteiger partial charge in [0, 0.05) is 41.4 Å². The molecule has 3 aromatic carbocycles. The summed E-state index contributed by atoms with van der Waals surface area (Å²) >= 11 is 0. The van der Waals surface area contributed by atoms with Crippen LogP contribution in [0.15, 0.2) is 95.7 Å². The number of aliphatic hydroxyl groups is 1. The number of anilines is 2. The molecule has 2 aliphatic rings. The minimum absolute atomic E-state index is 0.136. The van der Waals surface area contributed by atoms with Crippen molar-refractivity contribution >= 4 is 40.0 Å². The van der Waals surface area contributed by atoms with Crippen LogP contribution in [0.1, 0.15) is 18.1 Å². The van der Waals surface area contributed by atoms with Gasteiger partial charge in [0.1, 0.15) is 0 Å². The van der Waals surface area contributed by atoms with E-state index >= 15 is 0 Å². The summed E-state index contributed by atoms with van der Waals surface area (Å²) in [6.07, 6.45) is 4.44. The highest BCUT2D eigenvalue weighted by Crippen LogP contribution is 2.30. The van der Waals surface area contributed by atoms with Crippen molar-refractivity contribution in [3.63, 3.8) is 0 Å². The molecule has 1 aromatic heterocycles. The van der Waals surface area contributed by atoms with Gasteiger partial charge in [-0.15, -0.1) is 0 Å². The zero-order valence-corrected chi connectivity index (χ0v) is 20.2. The Morgan fingerprint density at radius 1 is 0.972 bits per heavy atom. The molecule has 6 nitrogen and oxygen atoms in total. The molecule has 0 bridgehead atoms. The first kappa shape index (κ1) is 22.3. The topological polar surface area (TPSA) is 61.1 Å². The number of carbonyl (C=O) groups excluding carboxylic acids is 1. The highest BCUT2D eigenvalue weighted by Gasteiger charge is 2.29. The monoisotopic (exact) mass is 476 g/mol. The first-order valence-corrected chi connectivity index (χ1v) is 12.3. The maximum Gasteiger partial charge on any atom is 0.280 e. The van der Waals surface area contributed by atoms with Gasteiger partial charge in [0.15, 0.2) is 0 Å². The Kier molecular flexibility index (Phi) is 5.66. The summed E-state index contributed by atoms with van der Waals surface area (Å²) in [4.78, 5) is 15.5. The molecule has 1 atom stereocenters. The van der Waals surface area contributed by atoms with Crippen LogP contribution in [0.4, 0.5) is 11.4 Å². The molecule has 1 amide bonds. The van der Waals surface area contributed by atoms with Gasteiger partial charge in [-0.3, -0.25) is 4.79 Å². The minimum Gasteiger partial charge on any atom is -0.389 e. The molecule has 36 heavy (non-hydrogen) atoms. The smallest absolute Gasteiger partial charge is 0.280 e. The van der Waals surface area contributed by atoms with Crippen molar-refractivity contribution in [1.82, 2.24) is 4.57 Å². The van der Waals surface area contributed by atoms with Gasteiger partial charge in [-0.25, -0.2) is 0 Å². The van der Waals surface area contributed by atoms with E-state index in [0.29, 0.717) is 24.4 Å². The van der Waals surface area contributed by atoms with Crippen LogP contribution in [-0.4, -0.2) is 40.5 Å². The summed E-state index contributed by atoms with van der Waals surface area (Å²) in [5.41, 5.74) is 6.55. The van der Waals surface area contributed by atoms with Crippen molar-refractivity contribution in [3.8, 4) is 0 Å². The van der Waals surface area contributed by atoms with E-state index in [1.54, 1.807) is 0 Å². The van der Waals surface area contributed by atoms with Crippen molar-refractivity contribution in [1.29, 1.82) is 0 Å². The van der Waals surface area contributed by atoms with Crippen molar-refractivity contribution in [2.75, 3.05) is 23.0 Å². The molecule has 6 heteroatoms. The van der Waals surface area contributed by atoms with E-state index in [1.165, 1.54) is 16.3 Å². The fourth-order valence-electron chi connectivity index (χ4n) is 5.26. The van der Waals surface area contributed by atoms with Crippen LogP contribution in [0, 0.1) is 0 Å². The zero-order valence-electron chi connectivity index (χ0n) is 20.2. The Hall–Kier alpha value is -4.16. The van der Waals surface area contributed by atoms with Gasteiger partial charge in [-0.05, 0) is 49.2 Å². The van der Waals surface area contributed by atoms with Crippen LogP contribution in [0.2, 0.25) is 0 Å². The number of nitrogens with zero attached hydrogens (tertiary/aromatic N) is 4. The first-order valence-electron chi connectivity index (χ1n) is 12.3. The number of hydrogen-bond acceptors (Lipinski definition) is 4. The number of para-hydroxylation sites is 3. The number of aliphatic hydroxyl groups excluding tert-OH is 1. The molecular weight excluding hydrogens is 448 g/mol. The molecule has 1 N–H and O–H groups in total. The lowest BCUT2D eigenvalue weighted by Crippen LogP contribution is -2.33. The summed E-state index contributed by atoms with van der Waals surface area (Å²) in [6, 6.07) is 26.0. The number of β-amino-alcohol motifs (C(OH)–C–C–N with tert-alkyl or cyclic N) is 1. The second-order valence-electron chi connectivity index (χ2n) is 9.43. The first-order chi connectivity index (χ1) is 17.6. The Morgan fingerprint density at radius 3 is 2.58 bits per heavy atom. The largest absolute Gasteiger partial charge is 0.389 e. The molecule has 6 rings (SSSR count). The van der Waals surface area contributed by atoms with Crippen LogP contribution in [0.5, 0.6) is 0 Å². The van der Waals surface area contributed by atoms with E-state index < -0.39 is 6.10 Å². The number of benzene rings is 3. The average Bonchev–Trinajstić information content (AvgIpc) is 3.55. The van der Waals surface area contributed by atoms with E-state index in [1.807, 2.05) is 61.7 Å². The van der Waals surface area contributed by atoms with Gasteiger partial charge >= 0.3 is 0 Å². The molecular formula is C30H28N4O2. The summed E-state index contributed by atoms with van der Waals surface area (Å²) in [5, 5.41) is 18.0. The number of hydrogen-bond donors (Lipinski definition) is 1. The third kappa shape index (κ3) is 3.99. The second-order valence-corrected chi connectivity index (χ2v) is 9.43. The predicted octanol–water partition coefficient (Wildman–Crippen LogP) is 4.87. The normalized spacial score (nSPS) is 17.2. The maximum atomic E-state index is 13.2. The van der Waals surface area contributed by atoms with Crippen LogP contribution >= 0.6 is 0 Å². The van der Waals surface area contributed by atoms with Crippen LogP contribution in [0.25, 0.3) is 17.0 Å². The Morgan fingerprint density at radius 2 is 1.72 bits per heavy atom. The molecule has 0 saturated heterocycles. The molecule has 0 unspecified atom stereocenters. The molecule has 4 aromatic rings. The molecule has 0 fully saturated rings. The lowest BCUT2D eigenvalue weighted by atomic mass is 10.1. The summed E-state index contributed by atoms with van der Waals surface area (Å²) in [5.74, 6) is -0.136. The number of amides is 1. The molecule has 3 heterocycles. The van der Waals surface area contributed by atoms with Crippen molar-refractivity contribution in [3.05, 3.63) is 102 Å². The van der Waals surface area contributed by atoms with E-state index in [0.717, 1.165) is 35.1 Å². The molecule has 0 aliphatic carbocycles. The molecule has 180 valence electrons. The van der Waals surface area contributed by atoms with Gasteiger partial charge in [0.25, 0.3) is 5.91 Å².